The highest BCUT2D eigenvalue weighted by Crippen LogP contribution is 2.27. The molecular formula is C12H16BrNO5S. The molecule has 0 atom stereocenters. The lowest BCUT2D eigenvalue weighted by atomic mass is 10.1. The Bertz CT molecular complexity index is 600. The van der Waals surface area contributed by atoms with Crippen molar-refractivity contribution in [3.63, 3.8) is 0 Å². The summed E-state index contributed by atoms with van der Waals surface area (Å²) in [6.45, 7) is 2.30. The van der Waals surface area contributed by atoms with E-state index in [1.165, 1.54) is 13.2 Å². The number of hydrogen-bond donors (Lipinski definition) is 2. The van der Waals surface area contributed by atoms with E-state index in [9.17, 15) is 13.2 Å². The number of rotatable bonds is 7. The number of aromatic carboxylic acids is 1. The van der Waals surface area contributed by atoms with Crippen LogP contribution in [0.15, 0.2) is 21.5 Å². The van der Waals surface area contributed by atoms with Gasteiger partial charge in [-0.15, -0.1) is 0 Å². The summed E-state index contributed by atoms with van der Waals surface area (Å²) >= 11 is 3.19. The topological polar surface area (TPSA) is 92.7 Å². The Morgan fingerprint density at radius 1 is 1.45 bits per heavy atom. The van der Waals surface area contributed by atoms with Crippen LogP contribution in [0, 0.1) is 6.92 Å². The van der Waals surface area contributed by atoms with Gasteiger partial charge in [-0.2, -0.15) is 0 Å². The molecule has 20 heavy (non-hydrogen) atoms. The Balaban J connectivity index is 3.07. The van der Waals surface area contributed by atoms with Crippen molar-refractivity contribution in [2.24, 2.45) is 0 Å². The summed E-state index contributed by atoms with van der Waals surface area (Å²) in [4.78, 5) is 10.9. The zero-order valence-corrected chi connectivity index (χ0v) is 13.5. The Morgan fingerprint density at radius 2 is 2.10 bits per heavy atom. The molecule has 0 spiro atoms. The van der Waals surface area contributed by atoms with Gasteiger partial charge in [0.25, 0.3) is 0 Å². The first-order chi connectivity index (χ1) is 9.29. The van der Waals surface area contributed by atoms with Crippen LogP contribution in [0.1, 0.15) is 22.3 Å². The zero-order chi connectivity index (χ0) is 15.3. The van der Waals surface area contributed by atoms with Gasteiger partial charge in [0.15, 0.2) is 0 Å². The van der Waals surface area contributed by atoms with Gasteiger partial charge in [-0.3, -0.25) is 0 Å². The molecule has 1 aromatic carbocycles. The number of nitrogens with one attached hydrogen (secondary N) is 1. The first-order valence-electron chi connectivity index (χ1n) is 5.81. The number of benzene rings is 1. The summed E-state index contributed by atoms with van der Waals surface area (Å²) in [7, 11) is -2.23. The van der Waals surface area contributed by atoms with Crippen molar-refractivity contribution in [3.8, 4) is 0 Å². The fourth-order valence-electron chi connectivity index (χ4n) is 1.56. The summed E-state index contributed by atoms with van der Waals surface area (Å²) in [6.07, 6.45) is 0.533. The van der Waals surface area contributed by atoms with Crippen molar-refractivity contribution in [1.29, 1.82) is 0 Å². The van der Waals surface area contributed by atoms with Crippen molar-refractivity contribution in [1.82, 2.24) is 4.72 Å². The van der Waals surface area contributed by atoms with Crippen LogP contribution in [0.3, 0.4) is 0 Å². The monoisotopic (exact) mass is 365 g/mol. The molecule has 8 heteroatoms. The lowest BCUT2D eigenvalue weighted by Crippen LogP contribution is -2.26. The van der Waals surface area contributed by atoms with Crippen molar-refractivity contribution in [2.45, 2.75) is 18.2 Å². The first-order valence-corrected chi connectivity index (χ1v) is 8.09. The molecule has 112 valence electrons. The van der Waals surface area contributed by atoms with E-state index < -0.39 is 16.0 Å². The van der Waals surface area contributed by atoms with Crippen LogP contribution in [0.25, 0.3) is 0 Å². The lowest BCUT2D eigenvalue weighted by Gasteiger charge is -2.11. The molecule has 0 aromatic heterocycles. The molecule has 0 saturated carbocycles. The Labute approximate surface area is 126 Å². The second kappa shape index (κ2) is 7.16. The third-order valence-electron chi connectivity index (χ3n) is 2.57. The minimum atomic E-state index is -3.77. The third-order valence-corrected chi connectivity index (χ3v) is 5.38. The van der Waals surface area contributed by atoms with Gasteiger partial charge >= 0.3 is 5.97 Å². The molecule has 0 unspecified atom stereocenters. The molecule has 0 amide bonds. The van der Waals surface area contributed by atoms with Crippen molar-refractivity contribution in [2.75, 3.05) is 20.3 Å². The van der Waals surface area contributed by atoms with Gasteiger partial charge in [-0.25, -0.2) is 17.9 Å². The number of carbonyl (C=O) groups is 1. The van der Waals surface area contributed by atoms with Crippen LogP contribution in [0.2, 0.25) is 0 Å². The molecule has 0 saturated heterocycles. The Morgan fingerprint density at radius 3 is 2.65 bits per heavy atom. The molecular weight excluding hydrogens is 350 g/mol. The van der Waals surface area contributed by atoms with Gasteiger partial charge in [0.1, 0.15) is 0 Å². The number of methoxy groups -OCH3 is 1. The summed E-state index contributed by atoms with van der Waals surface area (Å²) in [5, 5.41) is 8.99. The zero-order valence-electron chi connectivity index (χ0n) is 11.1. The van der Waals surface area contributed by atoms with Gasteiger partial charge in [0.2, 0.25) is 10.0 Å². The second-order valence-corrected chi connectivity index (χ2v) is 6.68. The molecule has 0 bridgehead atoms. The average Bonchev–Trinajstić information content (AvgIpc) is 2.37. The van der Waals surface area contributed by atoms with Crippen molar-refractivity contribution >= 4 is 31.9 Å². The number of carboxylic acid groups (broad SMARTS) is 1. The molecule has 1 aromatic rings. The van der Waals surface area contributed by atoms with Gasteiger partial charge in [0, 0.05) is 24.7 Å². The van der Waals surface area contributed by atoms with Crippen LogP contribution in [-0.2, 0) is 14.8 Å². The van der Waals surface area contributed by atoms with Crippen LogP contribution < -0.4 is 4.72 Å². The van der Waals surface area contributed by atoms with E-state index in [-0.39, 0.29) is 17.0 Å². The third kappa shape index (κ3) is 4.27. The highest BCUT2D eigenvalue weighted by atomic mass is 79.9. The van der Waals surface area contributed by atoms with Gasteiger partial charge < -0.3 is 9.84 Å². The molecule has 2 N–H and O–H groups in total. The maximum absolute atomic E-state index is 12.2. The summed E-state index contributed by atoms with van der Waals surface area (Å²) in [5.41, 5.74) is 0.477. The molecule has 6 nitrogen and oxygen atoms in total. The van der Waals surface area contributed by atoms with Gasteiger partial charge in [0.05, 0.1) is 10.5 Å². The fraction of sp³-hybridized carbons (Fsp3) is 0.417. The van der Waals surface area contributed by atoms with E-state index in [1.54, 1.807) is 6.92 Å². The molecule has 0 radical (unpaired) electrons. The molecule has 0 aliphatic carbocycles. The van der Waals surface area contributed by atoms with Crippen LogP contribution >= 0.6 is 15.9 Å². The van der Waals surface area contributed by atoms with E-state index in [1.807, 2.05) is 0 Å². The summed E-state index contributed by atoms with van der Waals surface area (Å²) in [6, 6.07) is 2.55. The van der Waals surface area contributed by atoms with E-state index >= 15 is 0 Å². The Hall–Kier alpha value is -0.960. The SMILES string of the molecule is COCCCNS(=O)(=O)c1cc(C(=O)O)cc(C)c1Br. The predicted octanol–water partition coefficient (Wildman–Crippen LogP) is 1.77. The average molecular weight is 366 g/mol. The Kier molecular flexibility index (Phi) is 6.12. The second-order valence-electron chi connectivity index (χ2n) is 4.15. The highest BCUT2D eigenvalue weighted by Gasteiger charge is 2.21. The molecule has 1 rings (SSSR count). The number of carboxylic acids is 1. The minimum Gasteiger partial charge on any atom is -0.478 e. The van der Waals surface area contributed by atoms with E-state index in [4.69, 9.17) is 9.84 Å². The van der Waals surface area contributed by atoms with Crippen molar-refractivity contribution in [3.05, 3.63) is 27.7 Å². The van der Waals surface area contributed by atoms with Gasteiger partial charge in [-0.1, -0.05) is 0 Å². The standard InChI is InChI=1S/C12H16BrNO5S/c1-8-6-9(12(15)16)7-10(11(8)13)20(17,18)14-4-3-5-19-2/h6-7,14H,3-5H2,1-2H3,(H,15,16). The predicted molar refractivity (Wildman–Crippen MR) is 77.5 cm³/mol. The number of halogens is 1. The quantitative estimate of drug-likeness (QED) is 0.718. The normalized spacial score (nSPS) is 11.6. The number of aryl methyl sites for hydroxylation is 1. The highest BCUT2D eigenvalue weighted by molar-refractivity contribution is 9.10. The lowest BCUT2D eigenvalue weighted by molar-refractivity contribution is 0.0696. The summed E-state index contributed by atoms with van der Waals surface area (Å²) < 4.78 is 31.9. The first kappa shape index (κ1) is 17.1. The van der Waals surface area contributed by atoms with Gasteiger partial charge in [-0.05, 0) is 47.0 Å². The molecule has 0 aliphatic rings. The van der Waals surface area contributed by atoms with E-state index in [0.29, 0.717) is 23.1 Å². The van der Waals surface area contributed by atoms with Crippen LogP contribution in [-0.4, -0.2) is 39.8 Å². The summed E-state index contributed by atoms with van der Waals surface area (Å²) in [5.74, 6) is -1.17. The van der Waals surface area contributed by atoms with E-state index in [2.05, 4.69) is 20.7 Å². The maximum atomic E-state index is 12.2. The number of ether oxygens (including phenoxy) is 1. The fourth-order valence-corrected chi connectivity index (χ4v) is 3.67. The maximum Gasteiger partial charge on any atom is 0.335 e. The van der Waals surface area contributed by atoms with E-state index in [0.717, 1.165) is 6.07 Å². The van der Waals surface area contributed by atoms with Crippen LogP contribution in [0.4, 0.5) is 0 Å². The number of hydrogen-bond acceptors (Lipinski definition) is 4. The largest absolute Gasteiger partial charge is 0.478 e. The molecule has 0 aliphatic heterocycles. The smallest absolute Gasteiger partial charge is 0.335 e. The number of sulfonamides is 1. The van der Waals surface area contributed by atoms with Crippen molar-refractivity contribution < 1.29 is 23.1 Å². The molecule has 0 fully saturated rings. The molecule has 0 heterocycles. The van der Waals surface area contributed by atoms with Crippen LogP contribution in [0.5, 0.6) is 0 Å². The minimum absolute atomic E-state index is 0.0667.